The first-order chi connectivity index (χ1) is 11.1. The van der Waals surface area contributed by atoms with E-state index in [4.69, 9.17) is 9.05 Å². The van der Waals surface area contributed by atoms with Crippen molar-refractivity contribution in [2.45, 2.75) is 13.8 Å². The van der Waals surface area contributed by atoms with Crippen LogP contribution in [0.3, 0.4) is 0 Å². The SMILES string of the molecule is CCOP(=O)(CCN1CCN(c2ccc(F)cc2)CC1)OCC. The van der Waals surface area contributed by atoms with E-state index in [1.807, 2.05) is 26.0 Å². The van der Waals surface area contributed by atoms with Crippen LogP contribution in [-0.4, -0.2) is 57.0 Å². The normalized spacial score (nSPS) is 16.7. The molecule has 0 atom stereocenters. The van der Waals surface area contributed by atoms with E-state index in [2.05, 4.69) is 9.80 Å². The Bertz CT molecular complexity index is 509. The third-order valence-corrected chi connectivity index (χ3v) is 5.96. The summed E-state index contributed by atoms with van der Waals surface area (Å²) in [4.78, 5) is 4.51. The van der Waals surface area contributed by atoms with Gasteiger partial charge in [-0.3, -0.25) is 9.46 Å². The van der Waals surface area contributed by atoms with Crippen LogP contribution in [0.4, 0.5) is 10.1 Å². The maximum Gasteiger partial charge on any atom is 0.331 e. The number of hydrogen-bond acceptors (Lipinski definition) is 5. The summed E-state index contributed by atoms with van der Waals surface area (Å²) >= 11 is 0. The third-order valence-electron chi connectivity index (χ3n) is 3.91. The van der Waals surface area contributed by atoms with Gasteiger partial charge in [0.1, 0.15) is 5.82 Å². The van der Waals surface area contributed by atoms with Crippen molar-refractivity contribution in [2.24, 2.45) is 0 Å². The van der Waals surface area contributed by atoms with Crippen LogP contribution in [0.1, 0.15) is 13.8 Å². The molecule has 1 aromatic rings. The zero-order chi connectivity index (χ0) is 16.7. The van der Waals surface area contributed by atoms with Crippen molar-refractivity contribution in [3.8, 4) is 0 Å². The molecular formula is C16H26FN2O3P. The van der Waals surface area contributed by atoms with Crippen LogP contribution >= 0.6 is 7.60 Å². The Morgan fingerprint density at radius 1 is 1.04 bits per heavy atom. The first-order valence-electron chi connectivity index (χ1n) is 8.17. The lowest BCUT2D eigenvalue weighted by Crippen LogP contribution is -2.47. The highest BCUT2D eigenvalue weighted by molar-refractivity contribution is 7.53. The van der Waals surface area contributed by atoms with Crippen LogP contribution in [-0.2, 0) is 13.6 Å². The molecule has 0 spiro atoms. The molecule has 1 aromatic carbocycles. The van der Waals surface area contributed by atoms with E-state index in [-0.39, 0.29) is 5.82 Å². The van der Waals surface area contributed by atoms with Crippen molar-refractivity contribution >= 4 is 13.3 Å². The molecule has 0 N–H and O–H groups in total. The Morgan fingerprint density at radius 3 is 2.13 bits per heavy atom. The quantitative estimate of drug-likeness (QED) is 0.678. The van der Waals surface area contributed by atoms with Crippen LogP contribution in [0.25, 0.3) is 0 Å². The van der Waals surface area contributed by atoms with Crippen molar-refractivity contribution in [3.63, 3.8) is 0 Å². The Morgan fingerprint density at radius 2 is 1.61 bits per heavy atom. The van der Waals surface area contributed by atoms with E-state index >= 15 is 0 Å². The number of halogens is 1. The summed E-state index contributed by atoms with van der Waals surface area (Å²) in [5, 5.41) is 0. The number of rotatable bonds is 8. The highest BCUT2D eigenvalue weighted by Crippen LogP contribution is 2.47. The average Bonchev–Trinajstić information content (AvgIpc) is 2.55. The molecule has 0 amide bonds. The van der Waals surface area contributed by atoms with Gasteiger partial charge in [-0.1, -0.05) is 0 Å². The summed E-state index contributed by atoms with van der Waals surface area (Å²) in [6.45, 7) is 8.67. The molecular weight excluding hydrogens is 318 g/mol. The summed E-state index contributed by atoms with van der Waals surface area (Å²) in [5.74, 6) is -0.213. The Kier molecular flexibility index (Phi) is 7.03. The van der Waals surface area contributed by atoms with E-state index in [1.165, 1.54) is 12.1 Å². The van der Waals surface area contributed by atoms with E-state index in [0.29, 0.717) is 25.9 Å². The van der Waals surface area contributed by atoms with Gasteiger partial charge in [-0.25, -0.2) is 4.39 Å². The minimum Gasteiger partial charge on any atom is -0.369 e. The van der Waals surface area contributed by atoms with E-state index in [1.54, 1.807) is 0 Å². The molecule has 0 unspecified atom stereocenters. The number of benzene rings is 1. The topological polar surface area (TPSA) is 42.0 Å². The van der Waals surface area contributed by atoms with Crippen LogP contribution < -0.4 is 4.90 Å². The van der Waals surface area contributed by atoms with Gasteiger partial charge in [-0.05, 0) is 38.1 Å². The Labute approximate surface area is 137 Å². The fraction of sp³-hybridized carbons (Fsp3) is 0.625. The van der Waals surface area contributed by atoms with Crippen LogP contribution in [0.15, 0.2) is 24.3 Å². The standard InChI is InChI=1S/C16H26FN2O3P/c1-3-21-23(20,22-4-2)14-13-18-9-11-19(12-10-18)16-7-5-15(17)6-8-16/h5-8H,3-4,9-14H2,1-2H3. The fourth-order valence-electron chi connectivity index (χ4n) is 2.71. The van der Waals surface area contributed by atoms with Gasteiger partial charge in [-0.15, -0.1) is 0 Å². The summed E-state index contributed by atoms with van der Waals surface area (Å²) in [6.07, 6.45) is 0.422. The van der Waals surface area contributed by atoms with Gasteiger partial charge in [0.05, 0.1) is 19.4 Å². The van der Waals surface area contributed by atoms with Gasteiger partial charge in [-0.2, -0.15) is 0 Å². The number of nitrogens with zero attached hydrogens (tertiary/aromatic N) is 2. The summed E-state index contributed by atoms with van der Waals surface area (Å²) in [6, 6.07) is 6.59. The van der Waals surface area contributed by atoms with Crippen molar-refractivity contribution in [3.05, 3.63) is 30.1 Å². The highest BCUT2D eigenvalue weighted by Gasteiger charge is 2.26. The predicted octanol–water partition coefficient (Wildman–Crippen LogP) is 3.21. The molecule has 2 rings (SSSR count). The molecule has 0 radical (unpaired) electrons. The Hall–Kier alpha value is -0.940. The molecule has 0 aliphatic carbocycles. The average molecular weight is 344 g/mol. The first kappa shape index (κ1) is 18.4. The van der Waals surface area contributed by atoms with E-state index in [0.717, 1.165) is 31.9 Å². The maximum atomic E-state index is 13.0. The third kappa shape index (κ3) is 5.57. The van der Waals surface area contributed by atoms with Crippen molar-refractivity contribution in [2.75, 3.05) is 57.0 Å². The molecule has 23 heavy (non-hydrogen) atoms. The molecule has 1 fully saturated rings. The molecule has 0 aromatic heterocycles. The highest BCUT2D eigenvalue weighted by atomic mass is 31.2. The Balaban J connectivity index is 1.80. The second kappa shape index (κ2) is 8.78. The van der Waals surface area contributed by atoms with E-state index in [9.17, 15) is 8.96 Å². The summed E-state index contributed by atoms with van der Waals surface area (Å²) in [5.41, 5.74) is 1.04. The lowest BCUT2D eigenvalue weighted by Gasteiger charge is -2.36. The molecule has 1 saturated heterocycles. The van der Waals surface area contributed by atoms with Gasteiger partial charge in [0.15, 0.2) is 0 Å². The molecule has 7 heteroatoms. The van der Waals surface area contributed by atoms with Gasteiger partial charge >= 0.3 is 7.60 Å². The fourth-order valence-corrected chi connectivity index (χ4v) is 4.35. The van der Waals surface area contributed by atoms with Crippen LogP contribution in [0, 0.1) is 5.82 Å². The molecule has 1 aliphatic heterocycles. The number of piperazine rings is 1. The minimum absolute atomic E-state index is 0.213. The monoisotopic (exact) mass is 344 g/mol. The molecule has 0 saturated carbocycles. The summed E-state index contributed by atoms with van der Waals surface area (Å²) in [7, 11) is -2.96. The lowest BCUT2D eigenvalue weighted by molar-refractivity contribution is 0.210. The molecule has 1 aliphatic rings. The first-order valence-corrected chi connectivity index (χ1v) is 9.90. The molecule has 130 valence electrons. The largest absolute Gasteiger partial charge is 0.369 e. The van der Waals surface area contributed by atoms with Crippen LogP contribution in [0.2, 0.25) is 0 Å². The van der Waals surface area contributed by atoms with Gasteiger partial charge < -0.3 is 13.9 Å². The lowest BCUT2D eigenvalue weighted by atomic mass is 10.2. The van der Waals surface area contributed by atoms with Gasteiger partial charge in [0.2, 0.25) is 0 Å². The van der Waals surface area contributed by atoms with E-state index < -0.39 is 7.60 Å². The second-order valence-corrected chi connectivity index (χ2v) is 7.66. The predicted molar refractivity (Wildman–Crippen MR) is 90.8 cm³/mol. The molecule has 0 bridgehead atoms. The van der Waals surface area contributed by atoms with Gasteiger partial charge in [0.25, 0.3) is 0 Å². The number of anilines is 1. The zero-order valence-electron chi connectivity index (χ0n) is 13.9. The van der Waals surface area contributed by atoms with Crippen molar-refractivity contribution in [1.29, 1.82) is 0 Å². The maximum absolute atomic E-state index is 13.0. The van der Waals surface area contributed by atoms with Crippen molar-refractivity contribution < 1.29 is 18.0 Å². The van der Waals surface area contributed by atoms with Crippen LogP contribution in [0.5, 0.6) is 0 Å². The zero-order valence-corrected chi connectivity index (χ0v) is 14.8. The summed E-state index contributed by atoms with van der Waals surface area (Å²) < 4.78 is 36.1. The minimum atomic E-state index is -2.96. The number of hydrogen-bond donors (Lipinski definition) is 0. The second-order valence-electron chi connectivity index (χ2n) is 5.48. The van der Waals surface area contributed by atoms with Gasteiger partial charge in [0, 0.05) is 38.4 Å². The smallest absolute Gasteiger partial charge is 0.331 e. The molecule has 1 heterocycles. The molecule has 5 nitrogen and oxygen atoms in total. The van der Waals surface area contributed by atoms with Crippen molar-refractivity contribution in [1.82, 2.24) is 4.90 Å².